The molecule has 0 unspecified atom stereocenters. The van der Waals surface area contributed by atoms with Gasteiger partial charge in [-0.2, -0.15) is 0 Å². The largest absolute Gasteiger partial charge is 0.351 e. The second-order valence-corrected chi connectivity index (χ2v) is 4.07. The molecule has 2 rings (SSSR count). The van der Waals surface area contributed by atoms with Crippen LogP contribution in [0.1, 0.15) is 5.69 Å². The molecule has 0 bridgehead atoms. The summed E-state index contributed by atoms with van der Waals surface area (Å²) >= 11 is 0. The highest BCUT2D eigenvalue weighted by Gasteiger charge is 2.06. The highest BCUT2D eigenvalue weighted by molar-refractivity contribution is 5.71. The Morgan fingerprint density at radius 1 is 1.17 bits per heavy atom. The lowest BCUT2D eigenvalue weighted by Crippen LogP contribution is -2.31. The van der Waals surface area contributed by atoms with Crippen molar-refractivity contribution in [3.63, 3.8) is 0 Å². The molecule has 4 heteroatoms. The summed E-state index contributed by atoms with van der Waals surface area (Å²) in [5, 5.41) is 0. The summed E-state index contributed by atoms with van der Waals surface area (Å²) in [4.78, 5) is 16.9. The summed E-state index contributed by atoms with van der Waals surface area (Å²) in [6.45, 7) is 0.413. The summed E-state index contributed by atoms with van der Waals surface area (Å²) in [5.74, 6) is 0. The molecular weight excluding hydrogens is 226 g/mol. The van der Waals surface area contributed by atoms with Crippen LogP contribution in [0.4, 0.5) is 4.79 Å². The number of nitrogens with zero attached hydrogens (tertiary/aromatic N) is 2. The van der Waals surface area contributed by atoms with E-state index in [-0.39, 0.29) is 0 Å². The van der Waals surface area contributed by atoms with Crippen LogP contribution in [0.5, 0.6) is 0 Å². The molecule has 1 aromatic carbocycles. The molecule has 0 fully saturated rings. The van der Waals surface area contributed by atoms with Crippen molar-refractivity contribution in [2.24, 2.45) is 5.73 Å². The molecule has 0 aliphatic carbocycles. The second kappa shape index (κ2) is 5.31. The number of carbonyl (C=O) groups is 1. The number of aromatic nitrogens is 1. The number of hydrogen-bond acceptors (Lipinski definition) is 2. The van der Waals surface area contributed by atoms with Gasteiger partial charge in [0.2, 0.25) is 0 Å². The number of carbonyl (C=O) groups excluding carboxylic acids is 1. The van der Waals surface area contributed by atoms with Gasteiger partial charge >= 0.3 is 6.03 Å². The minimum Gasteiger partial charge on any atom is -0.351 e. The molecule has 2 amide bonds. The van der Waals surface area contributed by atoms with E-state index in [2.05, 4.69) is 4.98 Å². The third-order valence-electron chi connectivity index (χ3n) is 2.65. The lowest BCUT2D eigenvalue weighted by atomic mass is 10.1. The van der Waals surface area contributed by atoms with E-state index in [0.29, 0.717) is 6.54 Å². The van der Waals surface area contributed by atoms with Gasteiger partial charge in [0.15, 0.2) is 0 Å². The lowest BCUT2D eigenvalue weighted by molar-refractivity contribution is 0.216. The van der Waals surface area contributed by atoms with Crippen molar-refractivity contribution in [3.05, 3.63) is 54.2 Å². The Morgan fingerprint density at radius 3 is 2.56 bits per heavy atom. The summed E-state index contributed by atoms with van der Waals surface area (Å²) in [5.41, 5.74) is 7.96. The summed E-state index contributed by atoms with van der Waals surface area (Å²) in [6.07, 6.45) is 0. The molecule has 1 aromatic heterocycles. The Balaban J connectivity index is 2.23. The minimum atomic E-state index is -0.457. The maximum atomic E-state index is 11.0. The van der Waals surface area contributed by atoms with Gasteiger partial charge in [-0.15, -0.1) is 0 Å². The Morgan fingerprint density at radius 2 is 1.89 bits per heavy atom. The van der Waals surface area contributed by atoms with E-state index in [0.717, 1.165) is 17.0 Å². The Kier molecular flexibility index (Phi) is 3.57. The Bertz CT molecular complexity index is 540. The summed E-state index contributed by atoms with van der Waals surface area (Å²) < 4.78 is 0. The van der Waals surface area contributed by atoms with Crippen LogP contribution in [-0.4, -0.2) is 23.0 Å². The molecular formula is C14H15N3O. The molecule has 4 nitrogen and oxygen atoms in total. The third-order valence-corrected chi connectivity index (χ3v) is 2.65. The van der Waals surface area contributed by atoms with Crippen LogP contribution in [0.3, 0.4) is 0 Å². The van der Waals surface area contributed by atoms with Crippen LogP contribution < -0.4 is 5.73 Å². The van der Waals surface area contributed by atoms with Gasteiger partial charge in [-0.1, -0.05) is 36.4 Å². The fourth-order valence-electron chi connectivity index (χ4n) is 1.66. The Labute approximate surface area is 106 Å². The van der Waals surface area contributed by atoms with Crippen LogP contribution in [0.15, 0.2) is 48.5 Å². The number of amides is 2. The summed E-state index contributed by atoms with van der Waals surface area (Å²) in [7, 11) is 1.65. The summed E-state index contributed by atoms with van der Waals surface area (Å²) in [6, 6.07) is 15.2. The molecule has 92 valence electrons. The zero-order valence-electron chi connectivity index (χ0n) is 10.2. The van der Waals surface area contributed by atoms with Crippen LogP contribution in [0, 0.1) is 0 Å². The SMILES string of the molecule is CN(Cc1cccc(-c2ccccc2)n1)C(N)=O. The Hall–Kier alpha value is -2.36. The first-order chi connectivity index (χ1) is 8.66. The van der Waals surface area contributed by atoms with E-state index in [1.807, 2.05) is 48.5 Å². The van der Waals surface area contributed by atoms with Crippen LogP contribution >= 0.6 is 0 Å². The van der Waals surface area contributed by atoms with Crippen molar-refractivity contribution in [3.8, 4) is 11.3 Å². The highest BCUT2D eigenvalue weighted by atomic mass is 16.2. The van der Waals surface area contributed by atoms with E-state index < -0.39 is 6.03 Å². The molecule has 2 aromatic rings. The zero-order chi connectivity index (χ0) is 13.0. The zero-order valence-corrected chi connectivity index (χ0v) is 10.2. The van der Waals surface area contributed by atoms with Gasteiger partial charge in [-0.25, -0.2) is 4.79 Å². The van der Waals surface area contributed by atoms with E-state index in [4.69, 9.17) is 5.73 Å². The molecule has 0 aliphatic heterocycles. The number of benzene rings is 1. The van der Waals surface area contributed by atoms with Crippen LogP contribution in [0.2, 0.25) is 0 Å². The lowest BCUT2D eigenvalue weighted by Gasteiger charge is -2.13. The fourth-order valence-corrected chi connectivity index (χ4v) is 1.66. The van der Waals surface area contributed by atoms with E-state index in [9.17, 15) is 4.79 Å². The van der Waals surface area contributed by atoms with E-state index in [1.54, 1.807) is 7.05 Å². The third kappa shape index (κ3) is 2.85. The van der Waals surface area contributed by atoms with E-state index >= 15 is 0 Å². The predicted molar refractivity (Wildman–Crippen MR) is 70.7 cm³/mol. The first kappa shape index (κ1) is 12.1. The quantitative estimate of drug-likeness (QED) is 0.896. The van der Waals surface area contributed by atoms with Crippen molar-refractivity contribution < 1.29 is 4.79 Å². The van der Waals surface area contributed by atoms with Crippen molar-refractivity contribution >= 4 is 6.03 Å². The molecule has 0 saturated heterocycles. The average Bonchev–Trinajstić information content (AvgIpc) is 2.40. The molecule has 0 aliphatic rings. The first-order valence-corrected chi connectivity index (χ1v) is 5.69. The van der Waals surface area contributed by atoms with E-state index in [1.165, 1.54) is 4.90 Å². The number of urea groups is 1. The van der Waals surface area contributed by atoms with Gasteiger partial charge in [0.05, 0.1) is 17.9 Å². The van der Waals surface area contributed by atoms with Crippen molar-refractivity contribution in [1.29, 1.82) is 0 Å². The second-order valence-electron chi connectivity index (χ2n) is 4.07. The van der Waals surface area contributed by atoms with Gasteiger partial charge in [0, 0.05) is 12.6 Å². The fraction of sp³-hybridized carbons (Fsp3) is 0.143. The van der Waals surface area contributed by atoms with Gasteiger partial charge in [-0.05, 0) is 12.1 Å². The number of nitrogens with two attached hydrogens (primary N) is 1. The van der Waals surface area contributed by atoms with Gasteiger partial charge < -0.3 is 10.6 Å². The maximum absolute atomic E-state index is 11.0. The van der Waals surface area contributed by atoms with Crippen molar-refractivity contribution in [2.75, 3.05) is 7.05 Å². The number of primary amides is 1. The molecule has 0 saturated carbocycles. The normalized spacial score (nSPS) is 10.1. The van der Waals surface area contributed by atoms with Crippen molar-refractivity contribution in [2.45, 2.75) is 6.54 Å². The van der Waals surface area contributed by atoms with Gasteiger partial charge in [0.25, 0.3) is 0 Å². The van der Waals surface area contributed by atoms with Gasteiger partial charge in [-0.3, -0.25) is 4.98 Å². The smallest absolute Gasteiger partial charge is 0.314 e. The topological polar surface area (TPSA) is 59.2 Å². The van der Waals surface area contributed by atoms with Gasteiger partial charge in [0.1, 0.15) is 0 Å². The maximum Gasteiger partial charge on any atom is 0.314 e. The predicted octanol–water partition coefficient (Wildman–Crippen LogP) is 2.26. The van der Waals surface area contributed by atoms with Crippen LogP contribution in [0.25, 0.3) is 11.3 Å². The standard InChI is InChI=1S/C14H15N3O/c1-17(14(15)18)10-12-8-5-9-13(16-12)11-6-3-2-4-7-11/h2-9H,10H2,1H3,(H2,15,18). The molecule has 0 radical (unpaired) electrons. The van der Waals surface area contributed by atoms with Crippen molar-refractivity contribution in [1.82, 2.24) is 9.88 Å². The molecule has 0 atom stereocenters. The average molecular weight is 241 g/mol. The number of pyridine rings is 1. The molecule has 2 N–H and O–H groups in total. The molecule has 18 heavy (non-hydrogen) atoms. The highest BCUT2D eigenvalue weighted by Crippen LogP contribution is 2.16. The first-order valence-electron chi connectivity index (χ1n) is 5.69. The monoisotopic (exact) mass is 241 g/mol. The molecule has 0 spiro atoms. The number of rotatable bonds is 3. The molecule has 1 heterocycles. The number of hydrogen-bond donors (Lipinski definition) is 1. The van der Waals surface area contributed by atoms with Crippen LogP contribution in [-0.2, 0) is 6.54 Å². The minimum absolute atomic E-state index is 0.413.